The third kappa shape index (κ3) is 4.70. The van der Waals surface area contributed by atoms with Gasteiger partial charge in [0.2, 0.25) is 0 Å². The number of allylic oxidation sites excluding steroid dienone is 4. The number of nitrogens with zero attached hydrogens (tertiary/aromatic N) is 2. The lowest BCUT2D eigenvalue weighted by Gasteiger charge is -2.15. The number of aryl methyl sites for hydroxylation is 2. The largest absolute Gasteiger partial charge is 0.342 e. The third-order valence-corrected chi connectivity index (χ3v) is 5.20. The summed E-state index contributed by atoms with van der Waals surface area (Å²) in [6, 6.07) is 0. The number of hydrogen-bond acceptors (Lipinski definition) is 3. The summed E-state index contributed by atoms with van der Waals surface area (Å²) in [5.41, 5.74) is 6.73. The second-order valence-corrected chi connectivity index (χ2v) is 7.41. The monoisotopic (exact) mass is 381 g/mol. The minimum Gasteiger partial charge on any atom is -0.342 e. The van der Waals surface area contributed by atoms with Crippen molar-refractivity contribution in [2.24, 2.45) is 5.92 Å². The Bertz CT molecular complexity index is 875. The van der Waals surface area contributed by atoms with Gasteiger partial charge in [-0.15, -0.1) is 0 Å². The lowest BCUT2D eigenvalue weighted by atomic mass is 9.92. The van der Waals surface area contributed by atoms with E-state index >= 15 is 0 Å². The van der Waals surface area contributed by atoms with E-state index in [0.717, 1.165) is 65.7 Å². The molecule has 2 aromatic rings. The molecule has 0 atom stereocenters. The van der Waals surface area contributed by atoms with Crippen molar-refractivity contribution < 1.29 is 0 Å². The van der Waals surface area contributed by atoms with Gasteiger partial charge in [0.1, 0.15) is 23.0 Å². The van der Waals surface area contributed by atoms with Crippen LogP contribution >= 0.6 is 0 Å². The van der Waals surface area contributed by atoms with E-state index in [1.807, 2.05) is 19.9 Å². The topological polar surface area (TPSA) is 81.2 Å². The Morgan fingerprint density at radius 3 is 1.96 bits per heavy atom. The van der Waals surface area contributed by atoms with E-state index in [9.17, 15) is 0 Å². The Hall–Kier alpha value is -2.43. The standard InChI is InChI=1S/C23H35N5/c1-8-12-18(11-4)22-25-15(6)20(27-22)21-16(7)26-23(28-21)19(13-14(5)24)17(9-2)10-3/h12-13,17,24H,8-11H2,1-7H3,(H,25,27)(H,26,28)/b18-12-,19-13-,24-14?. The maximum Gasteiger partial charge on any atom is 0.134 e. The fourth-order valence-electron chi connectivity index (χ4n) is 3.67. The fraction of sp³-hybridized carbons (Fsp3) is 0.522. The van der Waals surface area contributed by atoms with Gasteiger partial charge in [-0.25, -0.2) is 9.97 Å². The first-order chi connectivity index (χ1) is 13.4. The van der Waals surface area contributed by atoms with E-state index in [2.05, 4.69) is 50.7 Å². The SMILES string of the molecule is CC/C=C(/CC)c1nc(-c2nc(/C(=C\C(C)=N)C(CC)CC)[nH]c2C)c(C)[nH]1. The number of nitrogens with one attached hydrogen (secondary N) is 3. The molecule has 3 N–H and O–H groups in total. The Labute approximate surface area is 169 Å². The van der Waals surface area contributed by atoms with E-state index in [4.69, 9.17) is 15.4 Å². The van der Waals surface area contributed by atoms with Gasteiger partial charge >= 0.3 is 0 Å². The number of H-pyrrole nitrogens is 2. The van der Waals surface area contributed by atoms with Crippen molar-refractivity contribution in [2.45, 2.75) is 74.1 Å². The van der Waals surface area contributed by atoms with Gasteiger partial charge < -0.3 is 15.4 Å². The van der Waals surface area contributed by atoms with E-state index in [1.165, 1.54) is 5.57 Å². The molecule has 2 heterocycles. The molecule has 0 radical (unpaired) electrons. The third-order valence-electron chi connectivity index (χ3n) is 5.20. The highest BCUT2D eigenvalue weighted by Gasteiger charge is 2.21. The van der Waals surface area contributed by atoms with Crippen LogP contribution in [-0.4, -0.2) is 25.6 Å². The van der Waals surface area contributed by atoms with Gasteiger partial charge in [-0.05, 0) is 69.6 Å². The molecule has 2 aromatic heterocycles. The molecular weight excluding hydrogens is 346 g/mol. The summed E-state index contributed by atoms with van der Waals surface area (Å²) in [5.74, 6) is 2.18. The Kier molecular flexibility index (Phi) is 7.55. The summed E-state index contributed by atoms with van der Waals surface area (Å²) < 4.78 is 0. The first kappa shape index (κ1) is 21.9. The normalized spacial score (nSPS) is 12.9. The van der Waals surface area contributed by atoms with Gasteiger partial charge in [0.25, 0.3) is 0 Å². The summed E-state index contributed by atoms with van der Waals surface area (Å²) in [6.45, 7) is 14.6. The van der Waals surface area contributed by atoms with Gasteiger partial charge in [-0.3, -0.25) is 0 Å². The molecule has 5 nitrogen and oxygen atoms in total. The molecule has 0 aromatic carbocycles. The zero-order chi connectivity index (χ0) is 20.8. The number of imidazole rings is 2. The Morgan fingerprint density at radius 2 is 1.50 bits per heavy atom. The second-order valence-electron chi connectivity index (χ2n) is 7.41. The molecule has 0 spiro atoms. The average molecular weight is 382 g/mol. The summed E-state index contributed by atoms with van der Waals surface area (Å²) in [6.07, 6.45) is 8.17. The van der Waals surface area contributed by atoms with E-state index in [-0.39, 0.29) is 0 Å². The number of hydrogen-bond donors (Lipinski definition) is 3. The van der Waals surface area contributed by atoms with Crippen molar-refractivity contribution >= 4 is 16.9 Å². The van der Waals surface area contributed by atoms with E-state index in [0.29, 0.717) is 11.6 Å². The smallest absolute Gasteiger partial charge is 0.134 e. The molecule has 5 heteroatoms. The highest BCUT2D eigenvalue weighted by molar-refractivity contribution is 5.96. The number of rotatable bonds is 9. The highest BCUT2D eigenvalue weighted by atomic mass is 15.0. The molecule has 2 rings (SSSR count). The van der Waals surface area contributed by atoms with Crippen molar-refractivity contribution in [1.29, 1.82) is 5.41 Å². The molecule has 0 fully saturated rings. The van der Waals surface area contributed by atoms with E-state index in [1.54, 1.807) is 0 Å². The van der Waals surface area contributed by atoms with Crippen LogP contribution in [0.5, 0.6) is 0 Å². The maximum absolute atomic E-state index is 7.95. The maximum atomic E-state index is 7.95. The van der Waals surface area contributed by atoms with E-state index < -0.39 is 0 Å². The van der Waals surface area contributed by atoms with Crippen LogP contribution in [0, 0.1) is 25.2 Å². The fourth-order valence-corrected chi connectivity index (χ4v) is 3.67. The van der Waals surface area contributed by atoms with Crippen molar-refractivity contribution in [2.75, 3.05) is 0 Å². The summed E-state index contributed by atoms with van der Waals surface area (Å²) in [7, 11) is 0. The van der Waals surface area contributed by atoms with Crippen molar-refractivity contribution in [1.82, 2.24) is 19.9 Å². The van der Waals surface area contributed by atoms with Gasteiger partial charge in [0, 0.05) is 17.1 Å². The summed E-state index contributed by atoms with van der Waals surface area (Å²) >= 11 is 0. The Balaban J connectivity index is 2.53. The van der Waals surface area contributed by atoms with Gasteiger partial charge in [-0.2, -0.15) is 0 Å². The lowest BCUT2D eigenvalue weighted by molar-refractivity contribution is 0.620. The number of aromatic amines is 2. The zero-order valence-electron chi connectivity index (χ0n) is 18.5. The van der Waals surface area contributed by atoms with Crippen LogP contribution in [0.2, 0.25) is 0 Å². The molecular formula is C23H35N5. The molecule has 28 heavy (non-hydrogen) atoms. The molecule has 0 saturated heterocycles. The Morgan fingerprint density at radius 1 is 0.964 bits per heavy atom. The molecule has 0 aliphatic rings. The van der Waals surface area contributed by atoms with Crippen LogP contribution in [0.4, 0.5) is 0 Å². The first-order valence-electron chi connectivity index (χ1n) is 10.5. The highest BCUT2D eigenvalue weighted by Crippen LogP contribution is 2.31. The minimum atomic E-state index is 0.383. The quantitative estimate of drug-likeness (QED) is 0.434. The van der Waals surface area contributed by atoms with Crippen molar-refractivity contribution in [3.63, 3.8) is 0 Å². The molecule has 0 bridgehead atoms. The average Bonchev–Trinajstić information content (AvgIpc) is 3.22. The molecule has 0 unspecified atom stereocenters. The second kappa shape index (κ2) is 9.67. The van der Waals surface area contributed by atoms with Crippen LogP contribution < -0.4 is 0 Å². The summed E-state index contributed by atoms with van der Waals surface area (Å²) in [4.78, 5) is 16.7. The van der Waals surface area contributed by atoms with Crippen LogP contribution in [0.15, 0.2) is 12.2 Å². The minimum absolute atomic E-state index is 0.383. The zero-order valence-corrected chi connectivity index (χ0v) is 18.5. The van der Waals surface area contributed by atoms with Crippen molar-refractivity contribution in [3.8, 4) is 11.4 Å². The molecule has 0 aliphatic carbocycles. The number of aromatic nitrogens is 4. The van der Waals surface area contributed by atoms with Gasteiger partial charge in [0.05, 0.1) is 0 Å². The van der Waals surface area contributed by atoms with Gasteiger partial charge in [-0.1, -0.05) is 33.8 Å². The predicted molar refractivity (Wildman–Crippen MR) is 120 cm³/mol. The first-order valence-corrected chi connectivity index (χ1v) is 10.5. The van der Waals surface area contributed by atoms with Crippen LogP contribution in [0.3, 0.4) is 0 Å². The summed E-state index contributed by atoms with van der Waals surface area (Å²) in [5, 5.41) is 7.95. The van der Waals surface area contributed by atoms with Crippen LogP contribution in [0.1, 0.15) is 83.3 Å². The molecule has 0 amide bonds. The van der Waals surface area contributed by atoms with Crippen LogP contribution in [0.25, 0.3) is 22.5 Å². The van der Waals surface area contributed by atoms with Crippen LogP contribution in [-0.2, 0) is 0 Å². The van der Waals surface area contributed by atoms with Crippen molar-refractivity contribution in [3.05, 3.63) is 35.2 Å². The molecule has 152 valence electrons. The molecule has 0 aliphatic heterocycles. The van der Waals surface area contributed by atoms with Gasteiger partial charge in [0.15, 0.2) is 0 Å². The predicted octanol–water partition coefficient (Wildman–Crippen LogP) is 6.48. The lowest BCUT2D eigenvalue weighted by Crippen LogP contribution is -2.04. The molecule has 0 saturated carbocycles.